The van der Waals surface area contributed by atoms with Crippen molar-refractivity contribution in [3.63, 3.8) is 0 Å². The highest BCUT2D eigenvalue weighted by atomic mass is 16.5. The summed E-state index contributed by atoms with van der Waals surface area (Å²) in [7, 11) is 0. The Labute approximate surface area is 122 Å². The Morgan fingerprint density at radius 2 is 2.30 bits per heavy atom. The van der Waals surface area contributed by atoms with Crippen LogP contribution in [0.15, 0.2) is 6.07 Å². The summed E-state index contributed by atoms with van der Waals surface area (Å²) >= 11 is 0. The van der Waals surface area contributed by atoms with E-state index in [9.17, 15) is 0 Å². The van der Waals surface area contributed by atoms with Gasteiger partial charge in [-0.15, -0.1) is 0 Å². The molecule has 1 fully saturated rings. The van der Waals surface area contributed by atoms with Crippen molar-refractivity contribution >= 4 is 0 Å². The van der Waals surface area contributed by atoms with Gasteiger partial charge in [0.15, 0.2) is 0 Å². The zero-order valence-corrected chi connectivity index (χ0v) is 13.2. The molecule has 0 radical (unpaired) electrons. The summed E-state index contributed by atoms with van der Waals surface area (Å²) in [4.78, 5) is 0. The highest BCUT2D eigenvalue weighted by Gasteiger charge is 2.33. The third kappa shape index (κ3) is 3.83. The smallest absolute Gasteiger partial charge is 0.0596 e. The molecule has 1 unspecified atom stereocenters. The molecule has 0 amide bonds. The molecule has 1 aromatic heterocycles. The van der Waals surface area contributed by atoms with Crippen LogP contribution in [-0.4, -0.2) is 36.1 Å². The lowest BCUT2D eigenvalue weighted by atomic mass is 9.78. The highest BCUT2D eigenvalue weighted by molar-refractivity contribution is 5.12. The quantitative estimate of drug-likeness (QED) is 0.780. The first-order valence-corrected chi connectivity index (χ1v) is 8.01. The molecule has 114 valence electrons. The van der Waals surface area contributed by atoms with Gasteiger partial charge >= 0.3 is 0 Å². The van der Waals surface area contributed by atoms with E-state index in [1.54, 1.807) is 0 Å². The zero-order chi connectivity index (χ0) is 14.4. The minimum Gasteiger partial charge on any atom is -0.381 e. The fraction of sp³-hybridized carbons (Fsp3) is 0.812. The number of nitrogens with one attached hydrogen (secondary N) is 1. The van der Waals surface area contributed by atoms with Gasteiger partial charge in [0.05, 0.1) is 12.3 Å². The van der Waals surface area contributed by atoms with Gasteiger partial charge in [-0.2, -0.15) is 5.10 Å². The van der Waals surface area contributed by atoms with E-state index in [0.717, 1.165) is 45.0 Å². The second-order valence-electron chi connectivity index (χ2n) is 6.10. The molecule has 4 nitrogen and oxygen atoms in total. The van der Waals surface area contributed by atoms with E-state index < -0.39 is 0 Å². The molecule has 1 aliphatic heterocycles. The molecule has 4 heteroatoms. The fourth-order valence-electron chi connectivity index (χ4n) is 3.18. The Morgan fingerprint density at radius 3 is 2.95 bits per heavy atom. The highest BCUT2D eigenvalue weighted by Crippen LogP contribution is 2.32. The Morgan fingerprint density at radius 1 is 1.45 bits per heavy atom. The van der Waals surface area contributed by atoms with Gasteiger partial charge in [-0.3, -0.25) is 4.68 Å². The third-order valence-corrected chi connectivity index (χ3v) is 4.17. The molecule has 20 heavy (non-hydrogen) atoms. The van der Waals surface area contributed by atoms with Gasteiger partial charge in [0, 0.05) is 30.8 Å². The van der Waals surface area contributed by atoms with Crippen LogP contribution >= 0.6 is 0 Å². The first-order chi connectivity index (χ1) is 9.69. The largest absolute Gasteiger partial charge is 0.381 e. The number of aromatic nitrogens is 2. The van der Waals surface area contributed by atoms with Crippen molar-refractivity contribution in [3.05, 3.63) is 17.5 Å². The number of rotatable bonds is 7. The van der Waals surface area contributed by atoms with Crippen LogP contribution < -0.4 is 5.32 Å². The Hall–Kier alpha value is -0.870. The predicted octanol–water partition coefficient (Wildman–Crippen LogP) is 2.55. The van der Waals surface area contributed by atoms with Crippen molar-refractivity contribution in [2.75, 3.05) is 26.3 Å². The maximum atomic E-state index is 5.80. The molecule has 1 atom stereocenters. The summed E-state index contributed by atoms with van der Waals surface area (Å²) in [5.74, 6) is 0. The number of hydrogen-bond acceptors (Lipinski definition) is 3. The molecule has 1 aromatic rings. The summed E-state index contributed by atoms with van der Waals surface area (Å²) in [5.41, 5.74) is 2.72. The van der Waals surface area contributed by atoms with E-state index in [4.69, 9.17) is 4.74 Å². The second kappa shape index (κ2) is 7.23. The van der Waals surface area contributed by atoms with Crippen LogP contribution in [0.2, 0.25) is 0 Å². The molecule has 2 rings (SSSR count). The normalized spacial score (nSPS) is 23.1. The maximum Gasteiger partial charge on any atom is 0.0596 e. The van der Waals surface area contributed by atoms with Gasteiger partial charge in [-0.1, -0.05) is 6.92 Å². The summed E-state index contributed by atoms with van der Waals surface area (Å²) in [5, 5.41) is 8.18. The lowest BCUT2D eigenvalue weighted by Gasteiger charge is -2.37. The standard InChI is InChI=1S/C16H29N3O/c1-4-8-17-12-16(7-6-9-20-13-16)11-15-10-14(3)18-19(15)5-2/h10,17H,4-9,11-13H2,1-3H3. The lowest BCUT2D eigenvalue weighted by molar-refractivity contribution is -0.00805. The van der Waals surface area contributed by atoms with Gasteiger partial charge in [0.1, 0.15) is 0 Å². The van der Waals surface area contributed by atoms with Crippen molar-refractivity contribution in [1.29, 1.82) is 0 Å². The summed E-state index contributed by atoms with van der Waals surface area (Å²) in [6, 6.07) is 2.24. The van der Waals surface area contributed by atoms with Crippen LogP contribution in [0.4, 0.5) is 0 Å². The van der Waals surface area contributed by atoms with Crippen molar-refractivity contribution in [2.45, 2.75) is 53.0 Å². The molecule has 0 aromatic carbocycles. The molecule has 1 N–H and O–H groups in total. The van der Waals surface area contributed by atoms with Crippen molar-refractivity contribution in [3.8, 4) is 0 Å². The summed E-state index contributed by atoms with van der Waals surface area (Å²) < 4.78 is 7.94. The van der Waals surface area contributed by atoms with Crippen LogP contribution in [0.3, 0.4) is 0 Å². The average Bonchev–Trinajstić information content (AvgIpc) is 2.80. The minimum atomic E-state index is 0.243. The molecule has 1 aliphatic rings. The monoisotopic (exact) mass is 279 g/mol. The molecule has 0 bridgehead atoms. The Bertz CT molecular complexity index is 408. The second-order valence-corrected chi connectivity index (χ2v) is 6.10. The minimum absolute atomic E-state index is 0.243. The van der Waals surface area contributed by atoms with Crippen LogP contribution in [0.25, 0.3) is 0 Å². The molecular formula is C16H29N3O. The third-order valence-electron chi connectivity index (χ3n) is 4.17. The van der Waals surface area contributed by atoms with Crippen LogP contribution in [0, 0.1) is 12.3 Å². The van der Waals surface area contributed by atoms with Crippen LogP contribution in [-0.2, 0) is 17.7 Å². The van der Waals surface area contributed by atoms with Crippen LogP contribution in [0.5, 0.6) is 0 Å². The van der Waals surface area contributed by atoms with Gasteiger partial charge in [0.2, 0.25) is 0 Å². The zero-order valence-electron chi connectivity index (χ0n) is 13.2. The topological polar surface area (TPSA) is 39.1 Å². The molecule has 2 heterocycles. The van der Waals surface area contributed by atoms with Crippen molar-refractivity contribution < 1.29 is 4.74 Å². The number of hydrogen-bond donors (Lipinski definition) is 1. The fourth-order valence-corrected chi connectivity index (χ4v) is 3.18. The van der Waals surface area contributed by atoms with E-state index in [0.29, 0.717) is 0 Å². The SMILES string of the molecule is CCCNCC1(Cc2cc(C)nn2CC)CCCOC1. The van der Waals surface area contributed by atoms with E-state index in [-0.39, 0.29) is 5.41 Å². The van der Waals surface area contributed by atoms with Gasteiger partial charge in [0.25, 0.3) is 0 Å². The van der Waals surface area contributed by atoms with Crippen molar-refractivity contribution in [1.82, 2.24) is 15.1 Å². The van der Waals surface area contributed by atoms with Crippen molar-refractivity contribution in [2.24, 2.45) is 5.41 Å². The Balaban J connectivity index is 2.09. The number of nitrogens with zero attached hydrogens (tertiary/aromatic N) is 2. The molecular weight excluding hydrogens is 250 g/mol. The van der Waals surface area contributed by atoms with Gasteiger partial charge < -0.3 is 10.1 Å². The lowest BCUT2D eigenvalue weighted by Crippen LogP contribution is -2.43. The molecule has 0 aliphatic carbocycles. The van der Waals surface area contributed by atoms with E-state index in [1.165, 1.54) is 25.0 Å². The molecule has 1 saturated heterocycles. The van der Waals surface area contributed by atoms with E-state index >= 15 is 0 Å². The molecule has 0 spiro atoms. The Kier molecular flexibility index (Phi) is 5.61. The number of aryl methyl sites for hydroxylation is 2. The molecule has 0 saturated carbocycles. The first-order valence-electron chi connectivity index (χ1n) is 8.01. The van der Waals surface area contributed by atoms with Gasteiger partial charge in [-0.05, 0) is 52.1 Å². The first kappa shape index (κ1) is 15.5. The predicted molar refractivity (Wildman–Crippen MR) is 82.0 cm³/mol. The van der Waals surface area contributed by atoms with E-state index in [1.807, 2.05) is 0 Å². The summed E-state index contributed by atoms with van der Waals surface area (Å²) in [6.07, 6.45) is 4.67. The van der Waals surface area contributed by atoms with E-state index in [2.05, 4.69) is 41.9 Å². The number of ether oxygens (including phenoxy) is 1. The van der Waals surface area contributed by atoms with Crippen LogP contribution in [0.1, 0.15) is 44.5 Å². The van der Waals surface area contributed by atoms with Gasteiger partial charge in [-0.25, -0.2) is 0 Å². The summed E-state index contributed by atoms with van der Waals surface area (Å²) in [6.45, 7) is 11.3. The maximum absolute atomic E-state index is 5.80. The average molecular weight is 279 g/mol.